The van der Waals surface area contributed by atoms with Gasteiger partial charge in [0.25, 0.3) is 0 Å². The highest BCUT2D eigenvalue weighted by atomic mass is 79.9. The lowest BCUT2D eigenvalue weighted by molar-refractivity contribution is 0.496. The van der Waals surface area contributed by atoms with Gasteiger partial charge in [0.1, 0.15) is 5.82 Å². The summed E-state index contributed by atoms with van der Waals surface area (Å²) >= 11 is 3.62. The molecule has 0 spiro atoms. The molecule has 1 aromatic heterocycles. The largest absolute Gasteiger partial charge is 0.350 e. The zero-order valence-electron chi connectivity index (χ0n) is 9.13. The maximum atomic E-state index is 4.46. The highest BCUT2D eigenvalue weighted by molar-refractivity contribution is 9.10. The summed E-state index contributed by atoms with van der Waals surface area (Å²) < 4.78 is 1.12. The molecule has 1 aromatic rings. The minimum Gasteiger partial charge on any atom is -0.350 e. The fourth-order valence-electron chi connectivity index (χ4n) is 1.88. The van der Waals surface area contributed by atoms with E-state index >= 15 is 0 Å². The van der Waals surface area contributed by atoms with E-state index in [1.807, 2.05) is 12.3 Å². The first-order valence-corrected chi connectivity index (χ1v) is 6.08. The Hall–Kier alpha value is -0.610. The fraction of sp³-hybridized carbons (Fsp3) is 0.545. The maximum Gasteiger partial charge on any atom is 0.143 e. The van der Waals surface area contributed by atoms with Crippen molar-refractivity contribution in [1.82, 2.24) is 10.3 Å². The molecule has 4 heteroatoms. The van der Waals surface area contributed by atoms with Crippen LogP contribution in [0.2, 0.25) is 0 Å². The summed E-state index contributed by atoms with van der Waals surface area (Å²) in [5.41, 5.74) is 1.24. The number of nitrogens with one attached hydrogen (secondary N) is 1. The van der Waals surface area contributed by atoms with Gasteiger partial charge in [0.2, 0.25) is 0 Å². The summed E-state index contributed by atoms with van der Waals surface area (Å²) in [6.45, 7) is 7.41. The number of pyridine rings is 1. The van der Waals surface area contributed by atoms with Gasteiger partial charge in [-0.15, -0.1) is 0 Å². The van der Waals surface area contributed by atoms with Crippen molar-refractivity contribution in [3.05, 3.63) is 22.3 Å². The summed E-state index contributed by atoms with van der Waals surface area (Å²) in [6, 6.07) is 2.53. The Bertz CT molecular complexity index is 354. The summed E-state index contributed by atoms with van der Waals surface area (Å²) in [6.07, 6.45) is 1.88. The molecule has 1 aliphatic heterocycles. The van der Waals surface area contributed by atoms with Crippen molar-refractivity contribution < 1.29 is 0 Å². The van der Waals surface area contributed by atoms with Gasteiger partial charge in [0.05, 0.1) is 4.47 Å². The number of aryl methyl sites for hydroxylation is 1. The van der Waals surface area contributed by atoms with E-state index < -0.39 is 0 Å². The second kappa shape index (κ2) is 4.49. The Labute approximate surface area is 99.0 Å². The molecular formula is C11H16BrN3. The van der Waals surface area contributed by atoms with Crippen molar-refractivity contribution in [1.29, 1.82) is 0 Å². The molecule has 0 aromatic carbocycles. The van der Waals surface area contributed by atoms with Gasteiger partial charge in [-0.1, -0.05) is 0 Å². The van der Waals surface area contributed by atoms with Crippen LogP contribution in [0.25, 0.3) is 0 Å². The molecule has 1 unspecified atom stereocenters. The first-order valence-electron chi connectivity index (χ1n) is 5.28. The number of hydrogen-bond donors (Lipinski definition) is 1. The third kappa shape index (κ3) is 2.16. The number of anilines is 1. The lowest BCUT2D eigenvalue weighted by Crippen LogP contribution is -2.50. The van der Waals surface area contributed by atoms with E-state index in [1.54, 1.807) is 0 Å². The van der Waals surface area contributed by atoms with Gasteiger partial charge >= 0.3 is 0 Å². The van der Waals surface area contributed by atoms with Crippen LogP contribution in [0.5, 0.6) is 0 Å². The zero-order chi connectivity index (χ0) is 10.8. The van der Waals surface area contributed by atoms with Crippen molar-refractivity contribution in [3.63, 3.8) is 0 Å². The normalized spacial score (nSPS) is 21.8. The van der Waals surface area contributed by atoms with E-state index in [1.165, 1.54) is 5.56 Å². The molecule has 0 amide bonds. The average Bonchev–Trinajstić information content (AvgIpc) is 2.23. The predicted molar refractivity (Wildman–Crippen MR) is 66.4 cm³/mol. The molecule has 15 heavy (non-hydrogen) atoms. The van der Waals surface area contributed by atoms with Gasteiger partial charge in [-0.05, 0) is 41.4 Å². The van der Waals surface area contributed by atoms with Crippen LogP contribution in [-0.2, 0) is 0 Å². The van der Waals surface area contributed by atoms with Gasteiger partial charge in [0.15, 0.2) is 0 Å². The van der Waals surface area contributed by atoms with E-state index in [9.17, 15) is 0 Å². The molecule has 2 heterocycles. The monoisotopic (exact) mass is 269 g/mol. The SMILES string of the molecule is Cc1ccnc(N2CCNCC2C)c1Br. The van der Waals surface area contributed by atoms with Crippen LogP contribution >= 0.6 is 15.9 Å². The van der Waals surface area contributed by atoms with Crippen molar-refractivity contribution in [3.8, 4) is 0 Å². The smallest absolute Gasteiger partial charge is 0.143 e. The predicted octanol–water partition coefficient (Wildman–Crippen LogP) is 1.95. The lowest BCUT2D eigenvalue weighted by Gasteiger charge is -2.35. The van der Waals surface area contributed by atoms with Crippen molar-refractivity contribution in [2.75, 3.05) is 24.5 Å². The van der Waals surface area contributed by atoms with Gasteiger partial charge in [-0.2, -0.15) is 0 Å². The van der Waals surface area contributed by atoms with E-state index in [0.29, 0.717) is 6.04 Å². The second-order valence-electron chi connectivity index (χ2n) is 4.01. The van der Waals surface area contributed by atoms with Crippen molar-refractivity contribution in [2.24, 2.45) is 0 Å². The maximum absolute atomic E-state index is 4.46. The van der Waals surface area contributed by atoms with Gasteiger partial charge in [0, 0.05) is 31.9 Å². The molecule has 1 N–H and O–H groups in total. The third-order valence-corrected chi connectivity index (χ3v) is 3.82. The van der Waals surface area contributed by atoms with Gasteiger partial charge < -0.3 is 10.2 Å². The van der Waals surface area contributed by atoms with Crippen LogP contribution in [0.15, 0.2) is 16.7 Å². The van der Waals surface area contributed by atoms with Crippen molar-refractivity contribution >= 4 is 21.7 Å². The Morgan fingerprint density at radius 1 is 1.60 bits per heavy atom. The highest BCUT2D eigenvalue weighted by Gasteiger charge is 2.21. The second-order valence-corrected chi connectivity index (χ2v) is 4.80. The van der Waals surface area contributed by atoms with Crippen LogP contribution in [0.4, 0.5) is 5.82 Å². The van der Waals surface area contributed by atoms with Crippen LogP contribution in [0.1, 0.15) is 12.5 Å². The molecule has 3 nitrogen and oxygen atoms in total. The van der Waals surface area contributed by atoms with Gasteiger partial charge in [-0.25, -0.2) is 4.98 Å². The standard InChI is InChI=1S/C11H16BrN3/c1-8-3-4-14-11(10(8)12)15-6-5-13-7-9(15)2/h3-4,9,13H,5-7H2,1-2H3. The molecule has 0 radical (unpaired) electrons. The summed E-state index contributed by atoms with van der Waals surface area (Å²) in [5.74, 6) is 1.07. The highest BCUT2D eigenvalue weighted by Crippen LogP contribution is 2.28. The van der Waals surface area contributed by atoms with Crippen LogP contribution in [0.3, 0.4) is 0 Å². The van der Waals surface area contributed by atoms with Crippen LogP contribution in [0, 0.1) is 6.92 Å². The first-order chi connectivity index (χ1) is 7.20. The average molecular weight is 270 g/mol. The van der Waals surface area contributed by atoms with Gasteiger partial charge in [-0.3, -0.25) is 0 Å². The summed E-state index contributed by atoms with van der Waals surface area (Å²) in [4.78, 5) is 6.82. The van der Waals surface area contributed by atoms with Crippen LogP contribution in [-0.4, -0.2) is 30.7 Å². The Balaban J connectivity index is 2.31. The number of aromatic nitrogens is 1. The number of nitrogens with zero attached hydrogens (tertiary/aromatic N) is 2. The lowest BCUT2D eigenvalue weighted by atomic mass is 10.2. The fourth-order valence-corrected chi connectivity index (χ4v) is 2.34. The third-order valence-electron chi connectivity index (χ3n) is 2.84. The quantitative estimate of drug-likeness (QED) is 0.845. The molecule has 0 saturated carbocycles. The Kier molecular flexibility index (Phi) is 3.26. The molecule has 1 saturated heterocycles. The molecular weight excluding hydrogens is 254 g/mol. The Morgan fingerprint density at radius 2 is 2.40 bits per heavy atom. The molecule has 1 fully saturated rings. The molecule has 0 bridgehead atoms. The molecule has 82 valence electrons. The number of rotatable bonds is 1. The summed E-state index contributed by atoms with van der Waals surface area (Å²) in [5, 5.41) is 3.38. The number of halogens is 1. The molecule has 0 aliphatic carbocycles. The van der Waals surface area contributed by atoms with E-state index in [-0.39, 0.29) is 0 Å². The van der Waals surface area contributed by atoms with Crippen molar-refractivity contribution in [2.45, 2.75) is 19.9 Å². The molecule has 2 rings (SSSR count). The van der Waals surface area contributed by atoms with Crippen LogP contribution < -0.4 is 10.2 Å². The minimum absolute atomic E-state index is 0.504. The van der Waals surface area contributed by atoms with E-state index in [0.717, 1.165) is 29.9 Å². The zero-order valence-corrected chi connectivity index (χ0v) is 10.7. The number of piperazine rings is 1. The topological polar surface area (TPSA) is 28.2 Å². The molecule has 1 aliphatic rings. The van der Waals surface area contributed by atoms with E-state index in [2.05, 4.69) is 45.0 Å². The summed E-state index contributed by atoms with van der Waals surface area (Å²) in [7, 11) is 0. The Morgan fingerprint density at radius 3 is 3.13 bits per heavy atom. The first kappa shape index (κ1) is 10.9. The molecule has 1 atom stereocenters. The van der Waals surface area contributed by atoms with E-state index in [4.69, 9.17) is 0 Å². The number of hydrogen-bond acceptors (Lipinski definition) is 3. The minimum atomic E-state index is 0.504.